The molecule has 4 rings (SSSR count). The number of unbranched alkanes of at least 4 members (excludes halogenated alkanes) is 2. The second-order valence-electron chi connectivity index (χ2n) is 10.3. The fourth-order valence-corrected chi connectivity index (χ4v) is 5.45. The number of amides is 1. The van der Waals surface area contributed by atoms with E-state index in [2.05, 4.69) is 15.3 Å². The summed E-state index contributed by atoms with van der Waals surface area (Å²) in [5.74, 6) is 0.348. The van der Waals surface area contributed by atoms with Gasteiger partial charge in [-0.2, -0.15) is 0 Å². The summed E-state index contributed by atoms with van der Waals surface area (Å²) in [6.07, 6.45) is 21.3. The molecule has 1 aliphatic carbocycles. The summed E-state index contributed by atoms with van der Waals surface area (Å²) in [6.45, 7) is 0.481. The molecular formula is C32H39N3O4. The zero-order chi connectivity index (χ0) is 27.2. The minimum absolute atomic E-state index is 0.218. The lowest BCUT2D eigenvalue weighted by Crippen LogP contribution is -2.42. The van der Waals surface area contributed by atoms with Crippen LogP contribution >= 0.6 is 0 Å². The number of hydrogen-bond donors (Lipinski definition) is 1. The first-order chi connectivity index (χ1) is 19.2. The number of alkyl carbamates (subject to hydrolysis) is 1. The highest BCUT2D eigenvalue weighted by molar-refractivity contribution is 5.93. The van der Waals surface area contributed by atoms with Crippen molar-refractivity contribution in [2.45, 2.75) is 76.0 Å². The number of ether oxygens (including phenoxy) is 1. The van der Waals surface area contributed by atoms with E-state index in [0.717, 1.165) is 24.3 Å². The molecule has 1 saturated carbocycles. The van der Waals surface area contributed by atoms with E-state index in [4.69, 9.17) is 9.15 Å². The van der Waals surface area contributed by atoms with Crippen molar-refractivity contribution in [1.82, 2.24) is 15.3 Å². The second-order valence-corrected chi connectivity index (χ2v) is 10.3. The Kier molecular flexibility index (Phi) is 10.9. The van der Waals surface area contributed by atoms with Crippen LogP contribution in [-0.2, 0) is 14.9 Å². The molecule has 1 unspecified atom stereocenters. The molecule has 1 atom stereocenters. The third kappa shape index (κ3) is 8.12. The van der Waals surface area contributed by atoms with Crippen LogP contribution in [0.2, 0.25) is 0 Å². The van der Waals surface area contributed by atoms with Crippen molar-refractivity contribution >= 4 is 18.1 Å². The van der Waals surface area contributed by atoms with Gasteiger partial charge < -0.3 is 14.5 Å². The summed E-state index contributed by atoms with van der Waals surface area (Å²) < 4.78 is 11.1. The highest BCUT2D eigenvalue weighted by Gasteiger charge is 2.48. The Morgan fingerprint density at radius 2 is 1.87 bits per heavy atom. The number of nitrogens with one attached hydrogen (secondary N) is 1. The molecule has 0 spiro atoms. The monoisotopic (exact) mass is 529 g/mol. The van der Waals surface area contributed by atoms with Crippen molar-refractivity contribution in [2.24, 2.45) is 5.92 Å². The quantitative estimate of drug-likeness (QED) is 0.142. The highest BCUT2D eigenvalue weighted by Crippen LogP contribution is 2.38. The Balaban J connectivity index is 1.39. The SMILES string of the molecule is O=C(NCCCCC1CCCCC1)OC(=O)C(CCCC=Cc1cccnc1)(c1ccccc1)c1ncco1. The first-order valence-corrected chi connectivity index (χ1v) is 14.2. The Morgan fingerprint density at radius 3 is 2.62 bits per heavy atom. The molecular weight excluding hydrogens is 490 g/mol. The molecule has 2 heterocycles. The number of pyridine rings is 1. The molecule has 0 bridgehead atoms. The number of esters is 1. The van der Waals surface area contributed by atoms with Gasteiger partial charge in [-0.3, -0.25) is 4.98 Å². The molecule has 1 amide bonds. The van der Waals surface area contributed by atoms with Gasteiger partial charge in [-0.05, 0) is 48.8 Å². The molecule has 3 aromatic rings. The smallest absolute Gasteiger partial charge is 0.414 e. The van der Waals surface area contributed by atoms with E-state index in [0.29, 0.717) is 31.4 Å². The van der Waals surface area contributed by atoms with Crippen LogP contribution in [0, 0.1) is 5.92 Å². The standard InChI is InChI=1S/C32H39N3O4/c36-30(39-31(37)35-22-11-9-15-26-13-4-1-5-14-26)32(29-34-23-24-38-29,28-18-7-2-8-19-28)20-10-3-6-16-27-17-12-21-33-25-27/h2,6-8,12,16-19,21,23-26H,1,3-5,9-11,13-15,20,22H2,(H,35,37). The summed E-state index contributed by atoms with van der Waals surface area (Å²) in [5, 5.41) is 2.76. The van der Waals surface area contributed by atoms with E-state index in [1.54, 1.807) is 12.4 Å². The number of carbonyl (C=O) groups excluding carboxylic acids is 2. The number of nitrogens with zero attached hydrogens (tertiary/aromatic N) is 2. The summed E-state index contributed by atoms with van der Waals surface area (Å²) in [5.41, 5.74) is 0.342. The van der Waals surface area contributed by atoms with E-state index in [1.165, 1.54) is 51.0 Å². The van der Waals surface area contributed by atoms with Crippen molar-refractivity contribution in [3.8, 4) is 0 Å². The second kappa shape index (κ2) is 15.0. The predicted octanol–water partition coefficient (Wildman–Crippen LogP) is 7.24. The van der Waals surface area contributed by atoms with Crippen LogP contribution in [0.4, 0.5) is 4.79 Å². The first kappa shape index (κ1) is 28.3. The largest absolute Gasteiger partial charge is 0.447 e. The number of rotatable bonds is 13. The molecule has 206 valence electrons. The van der Waals surface area contributed by atoms with Gasteiger partial charge in [0, 0.05) is 18.9 Å². The summed E-state index contributed by atoms with van der Waals surface area (Å²) >= 11 is 0. The van der Waals surface area contributed by atoms with Crippen LogP contribution in [0.1, 0.15) is 87.6 Å². The molecule has 1 N–H and O–H groups in total. The van der Waals surface area contributed by atoms with Crippen LogP contribution in [-0.4, -0.2) is 28.6 Å². The minimum Gasteiger partial charge on any atom is -0.447 e. The van der Waals surface area contributed by atoms with Crippen molar-refractivity contribution in [3.05, 3.63) is 90.4 Å². The number of allylic oxidation sites excluding steroid dienone is 1. The van der Waals surface area contributed by atoms with Crippen molar-refractivity contribution < 1.29 is 18.7 Å². The number of aromatic nitrogens is 2. The topological polar surface area (TPSA) is 94.3 Å². The minimum atomic E-state index is -1.34. The molecule has 0 aliphatic heterocycles. The molecule has 7 nitrogen and oxygen atoms in total. The summed E-state index contributed by atoms with van der Waals surface area (Å²) in [6, 6.07) is 13.2. The van der Waals surface area contributed by atoms with Gasteiger partial charge in [-0.15, -0.1) is 0 Å². The zero-order valence-corrected chi connectivity index (χ0v) is 22.6. The van der Waals surface area contributed by atoms with Crippen molar-refractivity contribution in [1.29, 1.82) is 0 Å². The Hall–Kier alpha value is -3.74. The maximum atomic E-state index is 13.7. The summed E-state index contributed by atoms with van der Waals surface area (Å²) in [7, 11) is 0. The normalized spacial score (nSPS) is 15.6. The fraction of sp³-hybridized carbons (Fsp3) is 0.438. The Bertz CT molecular complexity index is 1160. The maximum Gasteiger partial charge on any atom is 0.414 e. The van der Waals surface area contributed by atoms with Gasteiger partial charge in [0.1, 0.15) is 6.26 Å². The van der Waals surface area contributed by atoms with Gasteiger partial charge >= 0.3 is 12.1 Å². The Morgan fingerprint density at radius 1 is 1.03 bits per heavy atom. The average molecular weight is 530 g/mol. The van der Waals surface area contributed by atoms with Gasteiger partial charge in [-0.25, -0.2) is 14.6 Å². The Labute approximate surface area is 231 Å². The van der Waals surface area contributed by atoms with Crippen LogP contribution < -0.4 is 5.32 Å². The van der Waals surface area contributed by atoms with Gasteiger partial charge in [0.25, 0.3) is 0 Å². The van der Waals surface area contributed by atoms with E-state index >= 15 is 0 Å². The fourth-order valence-electron chi connectivity index (χ4n) is 5.45. The molecule has 1 aromatic carbocycles. The van der Waals surface area contributed by atoms with E-state index in [1.807, 2.05) is 54.6 Å². The number of oxazole rings is 1. The van der Waals surface area contributed by atoms with E-state index < -0.39 is 17.5 Å². The average Bonchev–Trinajstić information content (AvgIpc) is 3.52. The lowest BCUT2D eigenvalue weighted by atomic mass is 9.76. The van der Waals surface area contributed by atoms with Gasteiger partial charge in [-0.1, -0.05) is 93.5 Å². The molecule has 2 aromatic heterocycles. The van der Waals surface area contributed by atoms with E-state index in [-0.39, 0.29) is 5.89 Å². The van der Waals surface area contributed by atoms with Crippen molar-refractivity contribution in [2.75, 3.05) is 6.54 Å². The molecule has 0 radical (unpaired) electrons. The van der Waals surface area contributed by atoms with Crippen LogP contribution in [0.3, 0.4) is 0 Å². The molecule has 0 saturated heterocycles. The predicted molar refractivity (Wildman–Crippen MR) is 151 cm³/mol. The van der Waals surface area contributed by atoms with Crippen molar-refractivity contribution in [3.63, 3.8) is 0 Å². The molecule has 39 heavy (non-hydrogen) atoms. The maximum absolute atomic E-state index is 13.7. The van der Waals surface area contributed by atoms with Gasteiger partial charge in [0.15, 0.2) is 5.41 Å². The van der Waals surface area contributed by atoms with Gasteiger partial charge in [0.05, 0.1) is 6.20 Å². The third-order valence-electron chi connectivity index (χ3n) is 7.55. The number of hydrogen-bond acceptors (Lipinski definition) is 6. The molecule has 7 heteroatoms. The zero-order valence-electron chi connectivity index (χ0n) is 22.6. The molecule has 1 aliphatic rings. The highest BCUT2D eigenvalue weighted by atomic mass is 16.6. The van der Waals surface area contributed by atoms with Gasteiger partial charge in [0.2, 0.25) is 5.89 Å². The summed E-state index contributed by atoms with van der Waals surface area (Å²) in [4.78, 5) is 34.9. The third-order valence-corrected chi connectivity index (χ3v) is 7.55. The number of benzene rings is 1. The van der Waals surface area contributed by atoms with Crippen LogP contribution in [0.25, 0.3) is 6.08 Å². The van der Waals surface area contributed by atoms with E-state index in [9.17, 15) is 9.59 Å². The lowest BCUT2D eigenvalue weighted by Gasteiger charge is -2.28. The van der Waals surface area contributed by atoms with Crippen LogP contribution in [0.15, 0.2) is 77.8 Å². The first-order valence-electron chi connectivity index (χ1n) is 14.2. The van der Waals surface area contributed by atoms with Crippen LogP contribution in [0.5, 0.6) is 0 Å². The lowest BCUT2D eigenvalue weighted by molar-refractivity contribution is -0.143. The number of carbonyl (C=O) groups is 2. The molecule has 1 fully saturated rings.